The van der Waals surface area contributed by atoms with Gasteiger partial charge in [0.05, 0.1) is 5.75 Å². The molecule has 3 heterocycles. The van der Waals surface area contributed by atoms with Crippen molar-refractivity contribution < 1.29 is 26.3 Å². The maximum Gasteiger partial charge on any atom is 0.573 e. The summed E-state index contributed by atoms with van der Waals surface area (Å²) >= 11 is 0. The van der Waals surface area contributed by atoms with Crippen LogP contribution in [-0.2, 0) is 16.6 Å². The Morgan fingerprint density at radius 1 is 1.06 bits per heavy atom. The van der Waals surface area contributed by atoms with E-state index >= 15 is 0 Å². The van der Waals surface area contributed by atoms with Gasteiger partial charge in [0.15, 0.2) is 0 Å². The van der Waals surface area contributed by atoms with E-state index in [-0.39, 0.29) is 28.9 Å². The largest absolute Gasteiger partial charge is 0.573 e. The molecular weight excluding hydrogens is 433 g/mol. The Kier molecular flexibility index (Phi) is 5.63. The van der Waals surface area contributed by atoms with Crippen LogP contribution in [0.4, 0.5) is 13.2 Å². The molecule has 2 bridgehead atoms. The first-order chi connectivity index (χ1) is 14.6. The highest BCUT2D eigenvalue weighted by Crippen LogP contribution is 2.41. The number of pyridine rings is 1. The SMILES string of the molecule is CCCS(=O)(=O)N1C[C@@H]2C[C@H](C1)c1c(-c3ccc(OC(F)(F)F)cc3)ccc(=O)n1C2. The van der Waals surface area contributed by atoms with Gasteiger partial charge in [-0.15, -0.1) is 13.2 Å². The van der Waals surface area contributed by atoms with Gasteiger partial charge < -0.3 is 9.30 Å². The van der Waals surface area contributed by atoms with Crippen LogP contribution in [0.5, 0.6) is 5.75 Å². The molecule has 0 N–H and O–H groups in total. The van der Waals surface area contributed by atoms with Crippen LogP contribution < -0.4 is 10.3 Å². The molecule has 6 nitrogen and oxygen atoms in total. The van der Waals surface area contributed by atoms with Gasteiger partial charge in [0.2, 0.25) is 10.0 Å². The zero-order chi connectivity index (χ0) is 22.4. The molecular formula is C21H23F3N2O4S. The van der Waals surface area contributed by atoms with Gasteiger partial charge in [0.1, 0.15) is 5.75 Å². The maximum absolute atomic E-state index is 12.7. The number of rotatable bonds is 5. The van der Waals surface area contributed by atoms with Crippen molar-refractivity contribution in [1.82, 2.24) is 8.87 Å². The van der Waals surface area contributed by atoms with E-state index in [1.54, 1.807) is 10.6 Å². The molecule has 31 heavy (non-hydrogen) atoms. The van der Waals surface area contributed by atoms with E-state index in [0.717, 1.165) is 17.7 Å². The van der Waals surface area contributed by atoms with Crippen molar-refractivity contribution in [2.75, 3.05) is 18.8 Å². The molecule has 0 spiro atoms. The third kappa shape index (κ3) is 4.50. The summed E-state index contributed by atoms with van der Waals surface area (Å²) in [7, 11) is -3.37. The van der Waals surface area contributed by atoms with Gasteiger partial charge in [-0.25, -0.2) is 12.7 Å². The average Bonchev–Trinajstić information content (AvgIpc) is 2.68. The predicted molar refractivity (Wildman–Crippen MR) is 109 cm³/mol. The highest BCUT2D eigenvalue weighted by Gasteiger charge is 2.40. The minimum absolute atomic E-state index is 0.0494. The Hall–Kier alpha value is -2.33. The summed E-state index contributed by atoms with van der Waals surface area (Å²) in [4.78, 5) is 12.6. The highest BCUT2D eigenvalue weighted by atomic mass is 32.2. The van der Waals surface area contributed by atoms with Crippen molar-refractivity contribution in [2.45, 2.75) is 38.6 Å². The normalized spacial score (nSPS) is 21.5. The fourth-order valence-corrected chi connectivity index (χ4v) is 6.28. The van der Waals surface area contributed by atoms with Gasteiger partial charge in [-0.2, -0.15) is 0 Å². The summed E-state index contributed by atoms with van der Waals surface area (Å²) in [5.41, 5.74) is 1.95. The number of sulfonamides is 1. The summed E-state index contributed by atoms with van der Waals surface area (Å²) in [6.07, 6.45) is -3.48. The van der Waals surface area contributed by atoms with Crippen LogP contribution in [-0.4, -0.2) is 42.5 Å². The van der Waals surface area contributed by atoms with Gasteiger partial charge >= 0.3 is 6.36 Å². The molecule has 1 aromatic carbocycles. The second-order valence-electron chi connectivity index (χ2n) is 8.08. The summed E-state index contributed by atoms with van der Waals surface area (Å²) in [6.45, 7) is 2.94. The van der Waals surface area contributed by atoms with E-state index in [1.807, 2.05) is 6.92 Å². The van der Waals surface area contributed by atoms with E-state index in [4.69, 9.17) is 0 Å². The molecule has 4 rings (SSSR count). The number of nitrogens with zero attached hydrogens (tertiary/aromatic N) is 2. The van der Waals surface area contributed by atoms with E-state index in [1.165, 1.54) is 34.6 Å². The van der Waals surface area contributed by atoms with Gasteiger partial charge in [0.25, 0.3) is 5.56 Å². The third-order valence-electron chi connectivity index (χ3n) is 5.81. The first-order valence-electron chi connectivity index (χ1n) is 10.1. The second kappa shape index (κ2) is 7.98. The lowest BCUT2D eigenvalue weighted by Crippen LogP contribution is -2.49. The first-order valence-corrected chi connectivity index (χ1v) is 11.8. The molecule has 2 aliphatic rings. The number of piperidine rings is 1. The molecule has 1 saturated heterocycles. The minimum atomic E-state index is -4.77. The molecule has 0 radical (unpaired) electrons. The van der Waals surface area contributed by atoms with Crippen LogP contribution in [0.2, 0.25) is 0 Å². The minimum Gasteiger partial charge on any atom is -0.406 e. The summed E-state index contributed by atoms with van der Waals surface area (Å²) in [5, 5.41) is 0. The quantitative estimate of drug-likeness (QED) is 0.690. The highest BCUT2D eigenvalue weighted by molar-refractivity contribution is 7.89. The van der Waals surface area contributed by atoms with Crippen molar-refractivity contribution in [3.63, 3.8) is 0 Å². The van der Waals surface area contributed by atoms with Crippen molar-refractivity contribution in [3.8, 4) is 16.9 Å². The van der Waals surface area contributed by atoms with Gasteiger partial charge in [-0.3, -0.25) is 4.79 Å². The van der Waals surface area contributed by atoms with Crippen molar-refractivity contribution in [2.24, 2.45) is 5.92 Å². The van der Waals surface area contributed by atoms with Gasteiger partial charge in [-0.1, -0.05) is 19.1 Å². The topological polar surface area (TPSA) is 68.6 Å². The molecule has 2 aromatic rings. The molecule has 1 fully saturated rings. The Bertz CT molecular complexity index is 1130. The summed E-state index contributed by atoms with van der Waals surface area (Å²) < 4.78 is 69.8. The molecule has 2 atom stereocenters. The maximum atomic E-state index is 12.7. The molecule has 0 unspecified atom stereocenters. The van der Waals surface area contributed by atoms with E-state index < -0.39 is 16.4 Å². The van der Waals surface area contributed by atoms with Crippen LogP contribution in [0.25, 0.3) is 11.1 Å². The number of benzene rings is 1. The molecule has 0 aliphatic carbocycles. The third-order valence-corrected chi connectivity index (χ3v) is 7.82. The number of hydrogen-bond acceptors (Lipinski definition) is 4. The van der Waals surface area contributed by atoms with E-state index in [0.29, 0.717) is 31.6 Å². The van der Waals surface area contributed by atoms with E-state index in [2.05, 4.69) is 4.74 Å². The lowest BCUT2D eigenvalue weighted by atomic mass is 9.81. The van der Waals surface area contributed by atoms with Crippen LogP contribution in [0.3, 0.4) is 0 Å². The van der Waals surface area contributed by atoms with Gasteiger partial charge in [0, 0.05) is 42.9 Å². The van der Waals surface area contributed by atoms with Crippen molar-refractivity contribution in [1.29, 1.82) is 0 Å². The fourth-order valence-electron chi connectivity index (χ4n) is 4.67. The summed E-state index contributed by atoms with van der Waals surface area (Å²) in [6, 6.07) is 8.61. The molecule has 1 aromatic heterocycles. The van der Waals surface area contributed by atoms with Crippen molar-refractivity contribution >= 4 is 10.0 Å². The second-order valence-corrected chi connectivity index (χ2v) is 10.2. The first kappa shape index (κ1) is 21.9. The Labute approximate surface area is 178 Å². The fraction of sp³-hybridized carbons (Fsp3) is 0.476. The molecule has 0 saturated carbocycles. The Balaban J connectivity index is 1.71. The smallest absolute Gasteiger partial charge is 0.406 e. The van der Waals surface area contributed by atoms with Gasteiger partial charge in [-0.05, 0) is 42.5 Å². The van der Waals surface area contributed by atoms with Crippen LogP contribution in [0.15, 0.2) is 41.2 Å². The number of ether oxygens (including phenoxy) is 1. The zero-order valence-corrected chi connectivity index (χ0v) is 17.7. The standard InChI is InChI=1S/C21H23F3N2O4S/c1-2-9-31(28,29)25-11-14-10-16(13-25)20-18(7-8-19(27)26(20)12-14)15-3-5-17(6-4-15)30-21(22,23)24/h3-8,14,16H,2,9-13H2,1H3/t14-,16+/m0/s1. The number of alkyl halides is 3. The zero-order valence-electron chi connectivity index (χ0n) is 16.9. The van der Waals surface area contributed by atoms with Crippen LogP contribution >= 0.6 is 0 Å². The summed E-state index contributed by atoms with van der Waals surface area (Å²) in [5.74, 6) is -0.350. The van der Waals surface area contributed by atoms with Crippen molar-refractivity contribution in [3.05, 3.63) is 52.4 Å². The number of halogens is 3. The number of fused-ring (bicyclic) bond motifs is 4. The Morgan fingerprint density at radius 2 is 1.77 bits per heavy atom. The molecule has 10 heteroatoms. The number of aromatic nitrogens is 1. The average molecular weight is 456 g/mol. The Morgan fingerprint density at radius 3 is 2.42 bits per heavy atom. The van der Waals surface area contributed by atoms with E-state index in [9.17, 15) is 26.4 Å². The predicted octanol–water partition coefficient (Wildman–Crippen LogP) is 3.57. The monoisotopic (exact) mass is 456 g/mol. The van der Waals surface area contributed by atoms with Crippen LogP contribution in [0, 0.1) is 5.92 Å². The lowest BCUT2D eigenvalue weighted by Gasteiger charge is -2.43. The van der Waals surface area contributed by atoms with Crippen LogP contribution in [0.1, 0.15) is 31.4 Å². The molecule has 2 aliphatic heterocycles. The lowest BCUT2D eigenvalue weighted by molar-refractivity contribution is -0.274. The molecule has 0 amide bonds. The molecule has 168 valence electrons. The number of hydrogen-bond donors (Lipinski definition) is 0.